The van der Waals surface area contributed by atoms with Gasteiger partial charge in [-0.1, -0.05) is 20.8 Å². The second-order valence-corrected chi connectivity index (χ2v) is 10.4. The van der Waals surface area contributed by atoms with Crippen molar-refractivity contribution in [3.8, 4) is 0 Å². The molecule has 0 aromatic rings. The third-order valence-electron chi connectivity index (χ3n) is 7.59. The molecule has 2 aliphatic rings. The Bertz CT molecular complexity index is 912. The molecule has 8 heteroatoms. The van der Waals surface area contributed by atoms with Gasteiger partial charge in [-0.3, -0.25) is 19.2 Å². The van der Waals surface area contributed by atoms with Gasteiger partial charge in [0.1, 0.15) is 12.7 Å². The molecule has 0 aromatic carbocycles. The summed E-state index contributed by atoms with van der Waals surface area (Å²) >= 11 is 0. The highest BCUT2D eigenvalue weighted by atomic mass is 16.5. The molecule has 2 aliphatic carbocycles. The lowest BCUT2D eigenvalue weighted by Crippen LogP contribution is -2.59. The van der Waals surface area contributed by atoms with E-state index in [1.165, 1.54) is 20.8 Å². The molecule has 0 amide bonds. The lowest BCUT2D eigenvalue weighted by molar-refractivity contribution is -0.163. The van der Waals surface area contributed by atoms with Gasteiger partial charge in [0.05, 0.1) is 6.10 Å². The van der Waals surface area contributed by atoms with Gasteiger partial charge in [0.2, 0.25) is 5.78 Å². The largest absolute Gasteiger partial charge is 0.462 e. The molecule has 1 saturated carbocycles. The quantitative estimate of drug-likeness (QED) is 0.335. The van der Waals surface area contributed by atoms with Crippen molar-refractivity contribution < 1.29 is 38.5 Å². The Hall–Kier alpha value is -2.48. The fraction of sp³-hybridized carbons (Fsp3) is 0.692. The number of carbonyl (C=O) groups excluding carboxylic acids is 4. The Labute approximate surface area is 201 Å². The SMILES string of the molecule is CC(=O)OC/C=C(\C)[C@H](C[C@@H]1C(C)=C(OC(C)=O)C(=O)[C@@H]2C(C)(C)[C@H](O)CC[C@]12C)OC(C)=O. The molecule has 1 fully saturated rings. The van der Waals surface area contributed by atoms with Crippen molar-refractivity contribution in [3.63, 3.8) is 0 Å². The summed E-state index contributed by atoms with van der Waals surface area (Å²) in [7, 11) is 0. The van der Waals surface area contributed by atoms with Crippen molar-refractivity contribution in [1.82, 2.24) is 0 Å². The molecular formula is C26H38O8. The summed E-state index contributed by atoms with van der Waals surface area (Å²) in [5.74, 6) is -2.57. The van der Waals surface area contributed by atoms with Crippen LogP contribution in [-0.2, 0) is 33.4 Å². The van der Waals surface area contributed by atoms with E-state index in [0.29, 0.717) is 30.4 Å². The number of hydrogen-bond donors (Lipinski definition) is 1. The molecule has 0 unspecified atom stereocenters. The van der Waals surface area contributed by atoms with Gasteiger partial charge in [0.15, 0.2) is 5.76 Å². The molecule has 2 rings (SSSR count). The van der Waals surface area contributed by atoms with Crippen LogP contribution in [0.1, 0.15) is 74.7 Å². The summed E-state index contributed by atoms with van der Waals surface area (Å²) in [6.45, 7) is 13.3. The first-order valence-corrected chi connectivity index (χ1v) is 11.7. The summed E-state index contributed by atoms with van der Waals surface area (Å²) < 4.78 is 16.1. The minimum absolute atomic E-state index is 0.0188. The van der Waals surface area contributed by atoms with Crippen molar-refractivity contribution in [3.05, 3.63) is 23.0 Å². The van der Waals surface area contributed by atoms with Crippen LogP contribution in [0.25, 0.3) is 0 Å². The Morgan fingerprint density at radius 1 is 1.09 bits per heavy atom. The highest BCUT2D eigenvalue weighted by Crippen LogP contribution is 2.61. The first-order valence-electron chi connectivity index (χ1n) is 11.7. The highest BCUT2D eigenvalue weighted by Gasteiger charge is 2.61. The number of aliphatic hydroxyl groups is 1. The molecule has 0 aromatic heterocycles. The second-order valence-electron chi connectivity index (χ2n) is 10.4. The lowest BCUT2D eigenvalue weighted by Gasteiger charge is -2.58. The zero-order valence-electron chi connectivity index (χ0n) is 21.5. The first-order chi connectivity index (χ1) is 15.6. The number of Topliss-reactive ketones (excluding diaryl/α,β-unsaturated/α-hetero) is 1. The zero-order valence-corrected chi connectivity index (χ0v) is 21.5. The van der Waals surface area contributed by atoms with Crippen LogP contribution in [0.5, 0.6) is 0 Å². The third kappa shape index (κ3) is 5.59. The molecule has 0 spiro atoms. The van der Waals surface area contributed by atoms with Crippen LogP contribution >= 0.6 is 0 Å². The standard InChI is InChI=1S/C26H38O8/c1-14(10-12-32-16(3)27)20(33-17(4)28)13-19-15(2)23(34-18(5)29)22(31)24-25(6,7)21(30)9-11-26(19,24)8/h10,19-21,24,30H,9,11-13H2,1-8H3/b14-10+/t19-,20+,21-,24-,26-/m1/s1. The number of fused-ring (bicyclic) bond motifs is 1. The highest BCUT2D eigenvalue weighted by molar-refractivity contribution is 6.00. The molecule has 34 heavy (non-hydrogen) atoms. The topological polar surface area (TPSA) is 116 Å². The van der Waals surface area contributed by atoms with Crippen LogP contribution in [-0.4, -0.2) is 47.6 Å². The van der Waals surface area contributed by atoms with Crippen LogP contribution in [0.3, 0.4) is 0 Å². The first kappa shape index (κ1) is 27.8. The van der Waals surface area contributed by atoms with E-state index in [1.54, 1.807) is 19.9 Å². The van der Waals surface area contributed by atoms with Gasteiger partial charge in [0.25, 0.3) is 0 Å². The Morgan fingerprint density at radius 3 is 2.24 bits per heavy atom. The molecule has 190 valence electrons. The summed E-state index contributed by atoms with van der Waals surface area (Å²) in [6, 6.07) is 0. The summed E-state index contributed by atoms with van der Waals surface area (Å²) in [6.07, 6.45) is 1.86. The Kier molecular flexibility index (Phi) is 8.51. The molecule has 5 atom stereocenters. The van der Waals surface area contributed by atoms with E-state index in [2.05, 4.69) is 0 Å². The molecule has 0 bridgehead atoms. The molecule has 0 radical (unpaired) electrons. The van der Waals surface area contributed by atoms with Gasteiger partial charge in [-0.2, -0.15) is 0 Å². The fourth-order valence-corrected chi connectivity index (χ4v) is 5.88. The van der Waals surface area contributed by atoms with E-state index < -0.39 is 46.9 Å². The van der Waals surface area contributed by atoms with E-state index >= 15 is 0 Å². The van der Waals surface area contributed by atoms with Gasteiger partial charge in [-0.05, 0) is 61.7 Å². The maximum atomic E-state index is 13.6. The van der Waals surface area contributed by atoms with Gasteiger partial charge < -0.3 is 19.3 Å². The minimum atomic E-state index is -0.744. The number of carbonyl (C=O) groups is 4. The normalized spacial score (nSPS) is 29.7. The number of esters is 3. The van der Waals surface area contributed by atoms with E-state index in [-0.39, 0.29) is 24.1 Å². The number of ketones is 1. The van der Waals surface area contributed by atoms with Crippen molar-refractivity contribution >= 4 is 23.7 Å². The van der Waals surface area contributed by atoms with Gasteiger partial charge in [-0.25, -0.2) is 0 Å². The molecule has 8 nitrogen and oxygen atoms in total. The van der Waals surface area contributed by atoms with Gasteiger partial charge in [0, 0.05) is 32.1 Å². The summed E-state index contributed by atoms with van der Waals surface area (Å²) in [5.41, 5.74) is 0.0507. The van der Waals surface area contributed by atoms with E-state index in [9.17, 15) is 24.3 Å². The van der Waals surface area contributed by atoms with Crippen molar-refractivity contribution in [2.45, 2.75) is 86.9 Å². The fourth-order valence-electron chi connectivity index (χ4n) is 5.88. The van der Waals surface area contributed by atoms with Crippen LogP contribution in [0, 0.1) is 22.7 Å². The molecule has 1 N–H and O–H groups in total. The predicted molar refractivity (Wildman–Crippen MR) is 124 cm³/mol. The third-order valence-corrected chi connectivity index (χ3v) is 7.59. The maximum Gasteiger partial charge on any atom is 0.308 e. The number of hydrogen-bond acceptors (Lipinski definition) is 8. The number of aliphatic hydroxyl groups excluding tert-OH is 1. The van der Waals surface area contributed by atoms with Crippen molar-refractivity contribution in [2.75, 3.05) is 6.61 Å². The summed E-state index contributed by atoms with van der Waals surface area (Å²) in [4.78, 5) is 48.5. The molecular weight excluding hydrogens is 440 g/mol. The average molecular weight is 479 g/mol. The molecule has 0 heterocycles. The second kappa shape index (κ2) is 10.4. The predicted octanol–water partition coefficient (Wildman–Crippen LogP) is 3.66. The lowest BCUT2D eigenvalue weighted by atomic mass is 9.46. The zero-order chi connectivity index (χ0) is 26.0. The van der Waals surface area contributed by atoms with Crippen molar-refractivity contribution in [1.29, 1.82) is 0 Å². The van der Waals surface area contributed by atoms with Crippen LogP contribution in [0.2, 0.25) is 0 Å². The van der Waals surface area contributed by atoms with Crippen LogP contribution in [0.4, 0.5) is 0 Å². The Balaban J connectivity index is 2.58. The van der Waals surface area contributed by atoms with Crippen molar-refractivity contribution in [2.24, 2.45) is 22.7 Å². The van der Waals surface area contributed by atoms with Gasteiger partial charge in [-0.15, -0.1) is 0 Å². The smallest absolute Gasteiger partial charge is 0.308 e. The number of rotatable bonds is 7. The maximum absolute atomic E-state index is 13.6. The molecule has 0 aliphatic heterocycles. The summed E-state index contributed by atoms with van der Waals surface area (Å²) in [5, 5.41) is 10.8. The number of ether oxygens (including phenoxy) is 3. The number of allylic oxidation sites excluding steroid dienone is 2. The monoisotopic (exact) mass is 478 g/mol. The molecule has 0 saturated heterocycles. The van der Waals surface area contributed by atoms with Crippen LogP contribution < -0.4 is 0 Å². The van der Waals surface area contributed by atoms with E-state index in [1.807, 2.05) is 20.8 Å². The van der Waals surface area contributed by atoms with E-state index in [0.717, 1.165) is 0 Å². The Morgan fingerprint density at radius 2 is 1.71 bits per heavy atom. The van der Waals surface area contributed by atoms with Crippen LogP contribution in [0.15, 0.2) is 23.0 Å². The van der Waals surface area contributed by atoms with Gasteiger partial charge >= 0.3 is 17.9 Å². The van der Waals surface area contributed by atoms with E-state index in [4.69, 9.17) is 14.2 Å². The average Bonchev–Trinajstić information content (AvgIpc) is 2.69. The minimum Gasteiger partial charge on any atom is -0.462 e.